The van der Waals surface area contributed by atoms with E-state index in [1.165, 1.54) is 0 Å². The van der Waals surface area contributed by atoms with Crippen molar-refractivity contribution in [1.82, 2.24) is 5.32 Å². The van der Waals surface area contributed by atoms with Gasteiger partial charge >= 0.3 is 0 Å². The summed E-state index contributed by atoms with van der Waals surface area (Å²) in [5, 5.41) is 4.19. The number of rotatable bonds is 4. The SMILES string of the molecule is O=C(NCc1ccco1)c1cc2ccccc2oc1=Nc1cccc(Cl)c1. The van der Waals surface area contributed by atoms with Crippen LogP contribution < -0.4 is 10.9 Å². The summed E-state index contributed by atoms with van der Waals surface area (Å²) in [6.45, 7) is 0.273. The van der Waals surface area contributed by atoms with Crippen LogP contribution in [-0.2, 0) is 6.54 Å². The van der Waals surface area contributed by atoms with E-state index in [2.05, 4.69) is 10.3 Å². The zero-order valence-corrected chi connectivity index (χ0v) is 14.9. The van der Waals surface area contributed by atoms with Crippen LogP contribution in [0.2, 0.25) is 5.02 Å². The van der Waals surface area contributed by atoms with Crippen LogP contribution in [0.3, 0.4) is 0 Å². The lowest BCUT2D eigenvalue weighted by molar-refractivity contribution is 0.0944. The maximum Gasteiger partial charge on any atom is 0.257 e. The van der Waals surface area contributed by atoms with Gasteiger partial charge in [-0.1, -0.05) is 35.9 Å². The Bertz CT molecular complexity index is 1160. The molecule has 0 saturated carbocycles. The zero-order chi connectivity index (χ0) is 18.6. The van der Waals surface area contributed by atoms with Crippen molar-refractivity contribution in [3.63, 3.8) is 0 Å². The van der Waals surface area contributed by atoms with Crippen LogP contribution in [-0.4, -0.2) is 5.91 Å². The summed E-state index contributed by atoms with van der Waals surface area (Å²) in [5.74, 6) is 0.357. The normalized spacial score (nSPS) is 11.7. The molecule has 0 spiro atoms. The molecule has 6 heteroatoms. The van der Waals surface area contributed by atoms with Crippen LogP contribution >= 0.6 is 11.6 Å². The van der Waals surface area contributed by atoms with Gasteiger partial charge in [-0.15, -0.1) is 0 Å². The number of fused-ring (bicyclic) bond motifs is 1. The minimum absolute atomic E-state index is 0.216. The van der Waals surface area contributed by atoms with E-state index in [9.17, 15) is 4.79 Å². The number of hydrogen-bond donors (Lipinski definition) is 1. The highest BCUT2D eigenvalue weighted by molar-refractivity contribution is 6.30. The van der Waals surface area contributed by atoms with Crippen molar-refractivity contribution in [2.75, 3.05) is 0 Å². The number of amides is 1. The van der Waals surface area contributed by atoms with E-state index in [4.69, 9.17) is 20.4 Å². The molecule has 0 radical (unpaired) electrons. The van der Waals surface area contributed by atoms with Crippen LogP contribution in [0.25, 0.3) is 11.0 Å². The van der Waals surface area contributed by atoms with E-state index < -0.39 is 0 Å². The van der Waals surface area contributed by atoms with E-state index in [1.807, 2.05) is 24.3 Å². The number of benzene rings is 2. The number of nitrogens with zero attached hydrogens (tertiary/aromatic N) is 1. The molecule has 1 N–H and O–H groups in total. The Morgan fingerprint density at radius 3 is 2.74 bits per heavy atom. The van der Waals surface area contributed by atoms with Gasteiger partial charge in [0, 0.05) is 10.4 Å². The van der Waals surface area contributed by atoms with E-state index in [-0.39, 0.29) is 18.0 Å². The molecule has 0 fully saturated rings. The van der Waals surface area contributed by atoms with Crippen molar-refractivity contribution >= 4 is 34.2 Å². The van der Waals surface area contributed by atoms with Crippen molar-refractivity contribution in [3.8, 4) is 0 Å². The lowest BCUT2D eigenvalue weighted by atomic mass is 10.1. The molecule has 0 aliphatic heterocycles. The predicted octanol–water partition coefficient (Wildman–Crippen LogP) is 4.84. The molecule has 5 nitrogen and oxygen atoms in total. The summed E-state index contributed by atoms with van der Waals surface area (Å²) in [4.78, 5) is 17.2. The van der Waals surface area contributed by atoms with Gasteiger partial charge in [-0.05, 0) is 42.5 Å². The maximum atomic E-state index is 12.8. The molecule has 0 unspecified atom stereocenters. The van der Waals surface area contributed by atoms with E-state index in [0.717, 1.165) is 5.39 Å². The van der Waals surface area contributed by atoms with Crippen molar-refractivity contribution in [1.29, 1.82) is 0 Å². The molecule has 0 saturated heterocycles. The fourth-order valence-corrected chi connectivity index (χ4v) is 2.84. The summed E-state index contributed by atoms with van der Waals surface area (Å²) >= 11 is 6.03. The highest BCUT2D eigenvalue weighted by Crippen LogP contribution is 2.18. The largest absolute Gasteiger partial charge is 0.467 e. The Hall–Kier alpha value is -3.31. The minimum atomic E-state index is -0.304. The van der Waals surface area contributed by atoms with Crippen molar-refractivity contribution in [2.45, 2.75) is 6.54 Å². The molecule has 2 aromatic heterocycles. The molecule has 2 heterocycles. The van der Waals surface area contributed by atoms with Crippen molar-refractivity contribution in [3.05, 3.63) is 94.9 Å². The Balaban J connectivity index is 1.78. The molecule has 0 aliphatic rings. The topological polar surface area (TPSA) is 67.7 Å². The van der Waals surface area contributed by atoms with Crippen LogP contribution in [0.1, 0.15) is 16.1 Å². The Kier molecular flexibility index (Phi) is 4.77. The fourth-order valence-electron chi connectivity index (χ4n) is 2.65. The number of halogens is 1. The first-order valence-electron chi connectivity index (χ1n) is 8.33. The quantitative estimate of drug-likeness (QED) is 0.552. The molecule has 134 valence electrons. The van der Waals surface area contributed by atoms with Crippen LogP contribution in [0.15, 0.2) is 86.8 Å². The molecule has 0 bridgehead atoms. The summed E-state index contributed by atoms with van der Waals surface area (Å²) in [6.07, 6.45) is 1.56. The molecule has 27 heavy (non-hydrogen) atoms. The lowest BCUT2D eigenvalue weighted by Gasteiger charge is -2.06. The molecular formula is C21H15ClN2O3. The molecule has 4 rings (SSSR count). The minimum Gasteiger partial charge on any atom is -0.467 e. The predicted molar refractivity (Wildman–Crippen MR) is 103 cm³/mol. The Morgan fingerprint density at radius 2 is 1.93 bits per heavy atom. The second-order valence-electron chi connectivity index (χ2n) is 5.86. The van der Waals surface area contributed by atoms with E-state index in [0.29, 0.717) is 27.6 Å². The number of nitrogens with one attached hydrogen (secondary N) is 1. The second-order valence-corrected chi connectivity index (χ2v) is 6.29. The summed E-state index contributed by atoms with van der Waals surface area (Å²) in [7, 11) is 0. The highest BCUT2D eigenvalue weighted by atomic mass is 35.5. The summed E-state index contributed by atoms with van der Waals surface area (Å²) < 4.78 is 11.2. The first-order chi connectivity index (χ1) is 13.2. The van der Waals surface area contributed by atoms with Gasteiger partial charge in [0.05, 0.1) is 18.5 Å². The maximum absolute atomic E-state index is 12.8. The molecule has 4 aromatic rings. The fraction of sp³-hybridized carbons (Fsp3) is 0.0476. The summed E-state index contributed by atoms with van der Waals surface area (Å²) in [6, 6.07) is 19.8. The van der Waals surface area contributed by atoms with E-state index >= 15 is 0 Å². The molecule has 0 atom stereocenters. The zero-order valence-electron chi connectivity index (χ0n) is 14.2. The van der Waals surface area contributed by atoms with Gasteiger partial charge in [0.1, 0.15) is 16.9 Å². The van der Waals surface area contributed by atoms with Crippen molar-refractivity contribution in [2.24, 2.45) is 4.99 Å². The summed E-state index contributed by atoms with van der Waals surface area (Å²) in [5.41, 5.74) is 1.79. The van der Waals surface area contributed by atoms with Crippen LogP contribution in [0.4, 0.5) is 5.69 Å². The molecule has 2 aromatic carbocycles. The lowest BCUT2D eigenvalue weighted by Crippen LogP contribution is -2.28. The van der Waals surface area contributed by atoms with E-state index in [1.54, 1.807) is 48.7 Å². The van der Waals surface area contributed by atoms with Crippen molar-refractivity contribution < 1.29 is 13.6 Å². The smallest absolute Gasteiger partial charge is 0.257 e. The van der Waals surface area contributed by atoms with Gasteiger partial charge in [0.2, 0.25) is 5.55 Å². The molecular weight excluding hydrogens is 364 g/mol. The average molecular weight is 379 g/mol. The third-order valence-corrected chi connectivity index (χ3v) is 4.18. The van der Waals surface area contributed by atoms with Gasteiger partial charge in [-0.25, -0.2) is 4.99 Å². The van der Waals surface area contributed by atoms with Crippen LogP contribution in [0, 0.1) is 0 Å². The first kappa shape index (κ1) is 17.1. The van der Waals surface area contributed by atoms with Gasteiger partial charge in [-0.3, -0.25) is 4.79 Å². The van der Waals surface area contributed by atoms with Gasteiger partial charge < -0.3 is 14.2 Å². The van der Waals surface area contributed by atoms with Gasteiger partial charge in [0.25, 0.3) is 5.91 Å². The molecule has 0 aliphatic carbocycles. The third-order valence-electron chi connectivity index (χ3n) is 3.94. The third kappa shape index (κ3) is 3.93. The first-order valence-corrected chi connectivity index (χ1v) is 8.70. The molecule has 1 amide bonds. The van der Waals surface area contributed by atoms with Gasteiger partial charge in [0.15, 0.2) is 0 Å². The Labute approximate surface area is 159 Å². The van der Waals surface area contributed by atoms with Gasteiger partial charge in [-0.2, -0.15) is 0 Å². The second kappa shape index (κ2) is 7.51. The standard InChI is InChI=1S/C21H15ClN2O3/c22-15-6-3-7-16(12-15)24-21-18(11-14-5-1-2-9-19(14)27-21)20(25)23-13-17-8-4-10-26-17/h1-12H,13H2,(H,23,25). The number of hydrogen-bond acceptors (Lipinski definition) is 4. The highest BCUT2D eigenvalue weighted by Gasteiger charge is 2.13. The Morgan fingerprint density at radius 1 is 1.04 bits per heavy atom. The number of carbonyl (C=O) groups excluding carboxylic acids is 1. The number of para-hydroxylation sites is 1. The van der Waals surface area contributed by atoms with Crippen LogP contribution in [0.5, 0.6) is 0 Å². The average Bonchev–Trinajstić information content (AvgIpc) is 3.19. The number of furan rings is 1. The monoisotopic (exact) mass is 378 g/mol. The number of carbonyl (C=O) groups is 1.